The van der Waals surface area contributed by atoms with Crippen LogP contribution in [-0.2, 0) is 14.4 Å². The fourth-order valence-electron chi connectivity index (χ4n) is 3.82. The predicted octanol–water partition coefficient (Wildman–Crippen LogP) is 1.86. The van der Waals surface area contributed by atoms with Crippen molar-refractivity contribution in [2.24, 2.45) is 5.92 Å². The quantitative estimate of drug-likeness (QED) is 0.737. The monoisotopic (exact) mass is 464 g/mol. The van der Waals surface area contributed by atoms with Crippen LogP contribution in [0.5, 0.6) is 0 Å². The summed E-state index contributed by atoms with van der Waals surface area (Å²) in [6.07, 6.45) is 0.244. The molecule has 1 atom stereocenters. The topological polar surface area (TPSA) is 73.0 Å². The number of carbonyl (C=O) groups is 3. The summed E-state index contributed by atoms with van der Waals surface area (Å²) in [5.74, 6) is -0.299. The Bertz CT molecular complexity index is 784. The molecule has 0 aliphatic carbocycles. The van der Waals surface area contributed by atoms with Crippen LogP contribution >= 0.6 is 15.9 Å². The number of amides is 3. The number of para-hydroxylation sites is 1. The van der Waals surface area contributed by atoms with Crippen LogP contribution in [0.4, 0.5) is 5.69 Å². The summed E-state index contributed by atoms with van der Waals surface area (Å²) in [4.78, 5) is 43.2. The molecule has 7 nitrogen and oxygen atoms in total. The Balaban J connectivity index is 1.52. The second-order valence-corrected chi connectivity index (χ2v) is 9.61. The third kappa shape index (κ3) is 5.57. The summed E-state index contributed by atoms with van der Waals surface area (Å²) in [6.45, 7) is 9.13. The molecule has 2 aliphatic heterocycles. The van der Waals surface area contributed by atoms with Gasteiger partial charge >= 0.3 is 0 Å². The van der Waals surface area contributed by atoms with Crippen molar-refractivity contribution in [3.05, 3.63) is 28.7 Å². The minimum absolute atomic E-state index is 0.00254. The van der Waals surface area contributed by atoms with Crippen LogP contribution in [0.1, 0.15) is 27.2 Å². The van der Waals surface area contributed by atoms with Gasteiger partial charge in [-0.1, -0.05) is 12.1 Å². The van der Waals surface area contributed by atoms with Crippen LogP contribution < -0.4 is 10.2 Å². The zero-order valence-electron chi connectivity index (χ0n) is 17.3. The first-order valence-corrected chi connectivity index (χ1v) is 10.8. The number of piperazine rings is 1. The molecule has 0 radical (unpaired) electrons. The van der Waals surface area contributed by atoms with Crippen LogP contribution in [0.3, 0.4) is 0 Å². The highest BCUT2D eigenvalue weighted by molar-refractivity contribution is 9.10. The van der Waals surface area contributed by atoms with Gasteiger partial charge in [0, 0.05) is 49.2 Å². The van der Waals surface area contributed by atoms with Crippen LogP contribution in [0, 0.1) is 5.92 Å². The SMILES string of the molecule is CC(C)(C)NC(=O)CN1CCN(C(=O)C2CC(=O)N(c3ccccc3Br)C2)CC1. The van der Waals surface area contributed by atoms with Crippen molar-refractivity contribution >= 4 is 39.3 Å². The largest absolute Gasteiger partial charge is 0.350 e. The molecule has 1 N–H and O–H groups in total. The second-order valence-electron chi connectivity index (χ2n) is 8.76. The van der Waals surface area contributed by atoms with Crippen LogP contribution in [-0.4, -0.2) is 72.3 Å². The minimum atomic E-state index is -0.314. The first kappa shape index (κ1) is 21.8. The maximum atomic E-state index is 13.0. The third-order valence-corrected chi connectivity index (χ3v) is 5.85. The van der Waals surface area contributed by atoms with Crippen molar-refractivity contribution in [3.8, 4) is 0 Å². The van der Waals surface area contributed by atoms with E-state index in [1.807, 2.05) is 49.9 Å². The summed E-state index contributed by atoms with van der Waals surface area (Å²) in [5.41, 5.74) is 0.561. The molecular weight excluding hydrogens is 436 g/mol. The number of hydrogen-bond donors (Lipinski definition) is 1. The normalized spacial score (nSPS) is 20.8. The van der Waals surface area contributed by atoms with Gasteiger partial charge in [0.2, 0.25) is 17.7 Å². The summed E-state index contributed by atoms with van der Waals surface area (Å²) >= 11 is 3.48. The van der Waals surface area contributed by atoms with E-state index in [1.165, 1.54) is 0 Å². The fraction of sp³-hybridized carbons (Fsp3) is 0.571. The summed E-state index contributed by atoms with van der Waals surface area (Å²) in [7, 11) is 0. The highest BCUT2D eigenvalue weighted by Crippen LogP contribution is 2.32. The van der Waals surface area contributed by atoms with E-state index < -0.39 is 0 Å². The lowest BCUT2D eigenvalue weighted by atomic mass is 10.1. The van der Waals surface area contributed by atoms with Gasteiger partial charge in [0.1, 0.15) is 0 Å². The second kappa shape index (κ2) is 8.83. The average Bonchev–Trinajstić information content (AvgIpc) is 3.02. The van der Waals surface area contributed by atoms with Crippen molar-refractivity contribution in [2.45, 2.75) is 32.7 Å². The van der Waals surface area contributed by atoms with E-state index >= 15 is 0 Å². The molecule has 0 spiro atoms. The summed E-state index contributed by atoms with van der Waals surface area (Å²) in [6, 6.07) is 7.57. The van der Waals surface area contributed by atoms with E-state index in [4.69, 9.17) is 0 Å². The molecule has 2 aliphatic rings. The van der Waals surface area contributed by atoms with Crippen LogP contribution in [0.2, 0.25) is 0 Å². The Kier molecular flexibility index (Phi) is 6.63. The number of benzene rings is 1. The molecule has 1 unspecified atom stereocenters. The van der Waals surface area contributed by atoms with Gasteiger partial charge in [-0.2, -0.15) is 0 Å². The number of nitrogens with one attached hydrogen (secondary N) is 1. The lowest BCUT2D eigenvalue weighted by Gasteiger charge is -2.36. The lowest BCUT2D eigenvalue weighted by molar-refractivity contribution is -0.137. The number of hydrogen-bond acceptors (Lipinski definition) is 4. The Labute approximate surface area is 180 Å². The van der Waals surface area contributed by atoms with Gasteiger partial charge in [0.05, 0.1) is 18.2 Å². The maximum Gasteiger partial charge on any atom is 0.234 e. The Hall–Kier alpha value is -1.93. The molecule has 3 rings (SSSR count). The molecule has 1 aromatic carbocycles. The summed E-state index contributed by atoms with van der Waals surface area (Å²) < 4.78 is 0.851. The van der Waals surface area contributed by atoms with Crippen molar-refractivity contribution in [3.63, 3.8) is 0 Å². The highest BCUT2D eigenvalue weighted by Gasteiger charge is 2.38. The van der Waals surface area contributed by atoms with Crippen LogP contribution in [0.25, 0.3) is 0 Å². The van der Waals surface area contributed by atoms with E-state index in [-0.39, 0.29) is 35.6 Å². The minimum Gasteiger partial charge on any atom is -0.350 e. The highest BCUT2D eigenvalue weighted by atomic mass is 79.9. The molecular formula is C21H29BrN4O3. The smallest absolute Gasteiger partial charge is 0.234 e. The zero-order chi connectivity index (χ0) is 21.2. The number of anilines is 1. The Morgan fingerprint density at radius 1 is 1.14 bits per heavy atom. The maximum absolute atomic E-state index is 13.0. The van der Waals surface area contributed by atoms with E-state index in [9.17, 15) is 14.4 Å². The van der Waals surface area contributed by atoms with Gasteiger partial charge in [0.25, 0.3) is 0 Å². The van der Waals surface area contributed by atoms with Gasteiger partial charge in [-0.25, -0.2) is 0 Å². The first-order chi connectivity index (χ1) is 13.6. The van der Waals surface area contributed by atoms with Crippen LogP contribution in [0.15, 0.2) is 28.7 Å². The van der Waals surface area contributed by atoms with E-state index in [2.05, 4.69) is 26.1 Å². The molecule has 29 heavy (non-hydrogen) atoms. The summed E-state index contributed by atoms with van der Waals surface area (Å²) in [5, 5.41) is 2.97. The standard InChI is InChI=1S/C21H29BrN4O3/c1-21(2,3)23-18(27)14-24-8-10-25(11-9-24)20(29)15-12-19(28)26(13-15)17-7-5-4-6-16(17)22/h4-7,15H,8-14H2,1-3H3,(H,23,27). The van der Waals surface area contributed by atoms with E-state index in [0.29, 0.717) is 39.3 Å². The average molecular weight is 465 g/mol. The third-order valence-electron chi connectivity index (χ3n) is 5.18. The molecule has 3 amide bonds. The molecule has 2 heterocycles. The van der Waals surface area contributed by atoms with E-state index in [0.717, 1.165) is 10.2 Å². The lowest BCUT2D eigenvalue weighted by Crippen LogP contribution is -2.53. The van der Waals surface area contributed by atoms with Crippen molar-refractivity contribution in [1.29, 1.82) is 0 Å². The number of nitrogens with zero attached hydrogens (tertiary/aromatic N) is 3. The number of halogens is 1. The van der Waals surface area contributed by atoms with Gasteiger partial charge in [0.15, 0.2) is 0 Å². The van der Waals surface area contributed by atoms with Gasteiger partial charge in [-0.05, 0) is 48.8 Å². The Morgan fingerprint density at radius 3 is 2.41 bits per heavy atom. The molecule has 1 aromatic rings. The molecule has 2 fully saturated rings. The van der Waals surface area contributed by atoms with E-state index in [1.54, 1.807) is 4.90 Å². The molecule has 8 heteroatoms. The van der Waals surface area contributed by atoms with Gasteiger partial charge < -0.3 is 15.1 Å². The fourth-order valence-corrected chi connectivity index (χ4v) is 4.32. The van der Waals surface area contributed by atoms with Gasteiger partial charge in [-0.15, -0.1) is 0 Å². The molecule has 158 valence electrons. The predicted molar refractivity (Wildman–Crippen MR) is 116 cm³/mol. The zero-order valence-corrected chi connectivity index (χ0v) is 18.9. The molecule has 0 bridgehead atoms. The van der Waals surface area contributed by atoms with Gasteiger partial charge in [-0.3, -0.25) is 19.3 Å². The molecule has 0 saturated carbocycles. The number of carbonyl (C=O) groups excluding carboxylic acids is 3. The first-order valence-electron chi connectivity index (χ1n) is 10.0. The number of rotatable bonds is 4. The Morgan fingerprint density at radius 2 is 1.79 bits per heavy atom. The van der Waals surface area contributed by atoms with Crippen molar-refractivity contribution in [2.75, 3.05) is 44.2 Å². The van der Waals surface area contributed by atoms with Crippen molar-refractivity contribution in [1.82, 2.24) is 15.1 Å². The molecule has 2 saturated heterocycles. The van der Waals surface area contributed by atoms with Crippen molar-refractivity contribution < 1.29 is 14.4 Å². The molecule has 0 aromatic heterocycles.